The molecule has 204 valence electrons. The molecule has 6 rings (SSSR count). The van der Waals surface area contributed by atoms with Gasteiger partial charge in [-0.15, -0.1) is 0 Å². The lowest BCUT2D eigenvalue weighted by Crippen LogP contribution is -2.56. The Labute approximate surface area is 232 Å². The maximum Gasteiger partial charge on any atom is 0.246 e. The number of hydrogen-bond donors (Lipinski definition) is 2. The zero-order chi connectivity index (χ0) is 27.1. The van der Waals surface area contributed by atoms with Gasteiger partial charge in [0.1, 0.15) is 17.4 Å². The Morgan fingerprint density at radius 1 is 1.10 bits per heavy atom. The van der Waals surface area contributed by atoms with Crippen molar-refractivity contribution in [2.45, 2.75) is 62.4 Å². The molecule has 2 N–H and O–H groups in total. The van der Waals surface area contributed by atoms with Crippen LogP contribution in [0.3, 0.4) is 0 Å². The molecule has 2 unspecified atom stereocenters. The highest BCUT2D eigenvalue weighted by Crippen LogP contribution is 2.55. The highest BCUT2D eigenvalue weighted by molar-refractivity contribution is 6.30. The lowest BCUT2D eigenvalue weighted by molar-refractivity contribution is -0.142. The van der Waals surface area contributed by atoms with Crippen LogP contribution in [0.15, 0.2) is 60.7 Å². The summed E-state index contributed by atoms with van der Waals surface area (Å²) < 4.78 is 11.8. The van der Waals surface area contributed by atoms with E-state index >= 15 is 0 Å². The van der Waals surface area contributed by atoms with Crippen LogP contribution in [0.1, 0.15) is 37.7 Å². The molecule has 3 aliphatic heterocycles. The molecule has 4 aliphatic rings. The van der Waals surface area contributed by atoms with Crippen LogP contribution in [0, 0.1) is 11.8 Å². The van der Waals surface area contributed by atoms with Gasteiger partial charge in [0.25, 0.3) is 0 Å². The van der Waals surface area contributed by atoms with Crippen LogP contribution in [0.2, 0.25) is 5.02 Å². The molecular formula is C30H32ClN3O5. The number of anilines is 1. The van der Waals surface area contributed by atoms with Gasteiger partial charge in [-0.25, -0.2) is 0 Å². The minimum absolute atomic E-state index is 0.0694. The second-order valence-corrected chi connectivity index (χ2v) is 11.3. The molecule has 2 aromatic carbocycles. The molecule has 8 nitrogen and oxygen atoms in total. The molecule has 2 aromatic rings. The van der Waals surface area contributed by atoms with E-state index < -0.39 is 29.6 Å². The summed E-state index contributed by atoms with van der Waals surface area (Å²) in [6.45, 7) is 0.196. The zero-order valence-electron chi connectivity index (χ0n) is 21.8. The third-order valence-corrected chi connectivity index (χ3v) is 8.69. The van der Waals surface area contributed by atoms with Gasteiger partial charge in [0.05, 0.1) is 25.0 Å². The quantitative estimate of drug-likeness (QED) is 0.507. The number of benzene rings is 2. The molecule has 39 heavy (non-hydrogen) atoms. The number of nitrogens with one attached hydrogen (secondary N) is 2. The fourth-order valence-corrected chi connectivity index (χ4v) is 6.91. The summed E-state index contributed by atoms with van der Waals surface area (Å²) in [5.74, 6) is -1.76. The van der Waals surface area contributed by atoms with E-state index in [0.29, 0.717) is 16.5 Å². The molecule has 9 heteroatoms. The highest BCUT2D eigenvalue weighted by Gasteiger charge is 2.72. The molecular weight excluding hydrogens is 518 g/mol. The Balaban J connectivity index is 1.33. The molecule has 3 amide bonds. The summed E-state index contributed by atoms with van der Waals surface area (Å²) in [6, 6.07) is 13.5. The van der Waals surface area contributed by atoms with Crippen molar-refractivity contribution in [1.82, 2.24) is 10.2 Å². The number of likely N-dealkylation sites (tertiary alicyclic amines) is 1. The zero-order valence-corrected chi connectivity index (χ0v) is 22.5. The number of carbonyl (C=O) groups is 3. The first kappa shape index (κ1) is 25.9. The van der Waals surface area contributed by atoms with Crippen molar-refractivity contribution in [2.24, 2.45) is 11.8 Å². The van der Waals surface area contributed by atoms with E-state index in [2.05, 4.69) is 10.6 Å². The third-order valence-electron chi connectivity index (χ3n) is 8.46. The number of fused-ring (bicyclic) bond motifs is 1. The topological polar surface area (TPSA) is 97.0 Å². The number of carbonyl (C=O) groups excluding carboxylic acids is 3. The van der Waals surface area contributed by atoms with E-state index in [9.17, 15) is 14.4 Å². The Hall–Kier alpha value is -3.36. The Morgan fingerprint density at radius 2 is 1.90 bits per heavy atom. The fourth-order valence-electron chi connectivity index (χ4n) is 6.72. The van der Waals surface area contributed by atoms with Gasteiger partial charge in [-0.05, 0) is 48.7 Å². The molecule has 1 aliphatic carbocycles. The molecule has 2 saturated heterocycles. The number of nitrogens with zero attached hydrogens (tertiary/aromatic N) is 1. The standard InChI is InChI=1S/C30H32ClN3O5/c1-38-22-12-5-7-18(15-22)17-34-26(28(36)32-20-9-3-2-4-10-20)30-14-13-23(39-30)24(25(30)29(34)37)27(35)33-21-11-6-8-19(31)16-21/h5-8,11-16,20,23-26H,2-4,9-10,17H2,1H3,(H,32,36)(H,33,35)/t23-,24?,25-,26?,30+/m1/s1. The molecule has 0 aromatic heterocycles. The molecule has 1 saturated carbocycles. The number of rotatable bonds is 7. The first-order valence-corrected chi connectivity index (χ1v) is 13.9. The van der Waals surface area contributed by atoms with Gasteiger partial charge in [0.15, 0.2) is 0 Å². The minimum atomic E-state index is -1.21. The van der Waals surface area contributed by atoms with E-state index in [-0.39, 0.29) is 30.3 Å². The summed E-state index contributed by atoms with van der Waals surface area (Å²) in [7, 11) is 1.59. The van der Waals surface area contributed by atoms with Crippen LogP contribution in [0.25, 0.3) is 0 Å². The van der Waals surface area contributed by atoms with Crippen LogP contribution < -0.4 is 15.4 Å². The van der Waals surface area contributed by atoms with Crippen molar-refractivity contribution in [2.75, 3.05) is 12.4 Å². The first-order valence-electron chi connectivity index (χ1n) is 13.6. The largest absolute Gasteiger partial charge is 0.497 e. The molecule has 0 radical (unpaired) electrons. The average molecular weight is 550 g/mol. The minimum Gasteiger partial charge on any atom is -0.497 e. The predicted molar refractivity (Wildman–Crippen MR) is 146 cm³/mol. The first-order chi connectivity index (χ1) is 18.9. The van der Waals surface area contributed by atoms with Crippen LogP contribution >= 0.6 is 11.6 Å². The lowest BCUT2D eigenvalue weighted by atomic mass is 9.74. The molecule has 3 fully saturated rings. The third kappa shape index (κ3) is 4.59. The van der Waals surface area contributed by atoms with Crippen molar-refractivity contribution in [3.63, 3.8) is 0 Å². The number of halogens is 1. The normalized spacial score (nSPS) is 29.4. The number of amides is 3. The lowest BCUT2D eigenvalue weighted by Gasteiger charge is -2.34. The van der Waals surface area contributed by atoms with Crippen molar-refractivity contribution < 1.29 is 23.9 Å². The second-order valence-electron chi connectivity index (χ2n) is 10.9. The maximum atomic E-state index is 14.2. The van der Waals surface area contributed by atoms with Crippen molar-refractivity contribution in [3.05, 3.63) is 71.3 Å². The summed E-state index contributed by atoms with van der Waals surface area (Å²) in [6.07, 6.45) is 8.20. The second kappa shape index (κ2) is 10.3. The SMILES string of the molecule is COc1cccc(CN2C(=O)[C@H]3C(C(=O)Nc4cccc(Cl)c4)[C@H]4C=C[C@@]3(O4)C2C(=O)NC2CCCCC2)c1. The summed E-state index contributed by atoms with van der Waals surface area (Å²) in [4.78, 5) is 43.3. The average Bonchev–Trinajstić information content (AvgIpc) is 3.57. The summed E-state index contributed by atoms with van der Waals surface area (Å²) >= 11 is 6.11. The van der Waals surface area contributed by atoms with Crippen LogP contribution in [0.5, 0.6) is 5.75 Å². The fraction of sp³-hybridized carbons (Fsp3) is 0.433. The van der Waals surface area contributed by atoms with Crippen molar-refractivity contribution in [1.29, 1.82) is 0 Å². The van der Waals surface area contributed by atoms with Gasteiger partial charge < -0.3 is 25.0 Å². The Morgan fingerprint density at radius 3 is 2.67 bits per heavy atom. The predicted octanol–water partition coefficient (Wildman–Crippen LogP) is 4.09. The summed E-state index contributed by atoms with van der Waals surface area (Å²) in [5.41, 5.74) is 0.155. The van der Waals surface area contributed by atoms with Crippen LogP contribution in [-0.2, 0) is 25.7 Å². The van der Waals surface area contributed by atoms with Gasteiger partial charge in [-0.2, -0.15) is 0 Å². The van der Waals surface area contributed by atoms with Gasteiger partial charge in [-0.1, -0.05) is 61.2 Å². The van der Waals surface area contributed by atoms with Gasteiger partial charge in [-0.3, -0.25) is 14.4 Å². The van der Waals surface area contributed by atoms with Gasteiger partial charge in [0, 0.05) is 23.3 Å². The highest BCUT2D eigenvalue weighted by atomic mass is 35.5. The summed E-state index contributed by atoms with van der Waals surface area (Å²) in [5, 5.41) is 6.61. The Kier molecular flexibility index (Phi) is 6.85. The van der Waals surface area contributed by atoms with Crippen LogP contribution in [0.4, 0.5) is 5.69 Å². The number of methoxy groups -OCH3 is 1. The van der Waals surface area contributed by atoms with E-state index in [1.54, 1.807) is 36.3 Å². The van der Waals surface area contributed by atoms with Crippen LogP contribution in [-0.4, -0.2) is 53.5 Å². The number of ether oxygens (including phenoxy) is 2. The monoisotopic (exact) mass is 549 g/mol. The van der Waals surface area contributed by atoms with Crippen molar-refractivity contribution >= 4 is 35.0 Å². The van der Waals surface area contributed by atoms with Gasteiger partial charge in [0.2, 0.25) is 17.7 Å². The number of hydrogen-bond acceptors (Lipinski definition) is 5. The van der Waals surface area contributed by atoms with Crippen molar-refractivity contribution in [3.8, 4) is 5.75 Å². The molecule has 5 atom stereocenters. The smallest absolute Gasteiger partial charge is 0.246 e. The molecule has 2 bridgehead atoms. The maximum absolute atomic E-state index is 14.2. The van der Waals surface area contributed by atoms with E-state index in [1.807, 2.05) is 36.4 Å². The van der Waals surface area contributed by atoms with Gasteiger partial charge >= 0.3 is 0 Å². The van der Waals surface area contributed by atoms with E-state index in [0.717, 1.165) is 31.2 Å². The van der Waals surface area contributed by atoms with E-state index in [4.69, 9.17) is 21.1 Å². The van der Waals surface area contributed by atoms with E-state index in [1.165, 1.54) is 6.42 Å². The molecule has 1 spiro atoms. The molecule has 3 heterocycles. The Bertz CT molecular complexity index is 1330.